The van der Waals surface area contributed by atoms with Crippen molar-refractivity contribution in [2.45, 2.75) is 31.8 Å². The molecule has 1 fully saturated rings. The average molecular weight is 277 g/mol. The van der Waals surface area contributed by atoms with Crippen LogP contribution in [0.5, 0.6) is 0 Å². The summed E-state index contributed by atoms with van der Waals surface area (Å²) in [5.41, 5.74) is 0.566. The minimum Gasteiger partial charge on any atom is -0.356 e. The summed E-state index contributed by atoms with van der Waals surface area (Å²) < 4.78 is 2.04. The lowest BCUT2D eigenvalue weighted by Gasteiger charge is -2.34. The van der Waals surface area contributed by atoms with E-state index >= 15 is 0 Å². The van der Waals surface area contributed by atoms with Gasteiger partial charge in [0.2, 0.25) is 5.95 Å². The van der Waals surface area contributed by atoms with Crippen molar-refractivity contribution in [1.82, 2.24) is 19.4 Å². The molecule has 0 radical (unpaired) electrons. The fourth-order valence-electron chi connectivity index (χ4n) is 3.01. The molecule has 3 heterocycles. The Bertz CT molecular complexity index is 466. The molecule has 1 aromatic heterocycles. The molecular weight excluding hydrogens is 254 g/mol. The van der Waals surface area contributed by atoms with Gasteiger partial charge in [0.1, 0.15) is 5.69 Å². The number of nitrogens with one attached hydrogen (secondary N) is 1. The van der Waals surface area contributed by atoms with Gasteiger partial charge in [0, 0.05) is 32.4 Å². The standard InChI is InChI=1S/C14H23N5O/c1-17-8-4-11(5-9-17)18(2)13(20)12-10-19-7-3-6-15-14(19)16-12/h10-11H,3-9H2,1-2H3,(H,15,16). The van der Waals surface area contributed by atoms with Crippen LogP contribution in [0, 0.1) is 0 Å². The van der Waals surface area contributed by atoms with E-state index < -0.39 is 0 Å². The molecule has 2 aliphatic rings. The first-order chi connectivity index (χ1) is 9.65. The Morgan fingerprint density at radius 3 is 2.85 bits per heavy atom. The van der Waals surface area contributed by atoms with Gasteiger partial charge in [-0.1, -0.05) is 0 Å². The Hall–Kier alpha value is -1.56. The molecule has 0 atom stereocenters. The van der Waals surface area contributed by atoms with E-state index in [-0.39, 0.29) is 5.91 Å². The highest BCUT2D eigenvalue weighted by Crippen LogP contribution is 2.19. The lowest BCUT2D eigenvalue weighted by atomic mass is 10.0. The quantitative estimate of drug-likeness (QED) is 0.871. The van der Waals surface area contributed by atoms with Crippen LogP contribution in [0.2, 0.25) is 0 Å². The minimum atomic E-state index is 0.0447. The molecule has 6 nitrogen and oxygen atoms in total. The summed E-state index contributed by atoms with van der Waals surface area (Å²) in [5.74, 6) is 0.875. The third-order valence-electron chi connectivity index (χ3n) is 4.41. The van der Waals surface area contributed by atoms with Crippen molar-refractivity contribution in [1.29, 1.82) is 0 Å². The van der Waals surface area contributed by atoms with Crippen molar-refractivity contribution < 1.29 is 4.79 Å². The minimum absolute atomic E-state index is 0.0447. The van der Waals surface area contributed by atoms with Crippen LogP contribution in [0.3, 0.4) is 0 Å². The molecule has 1 amide bonds. The van der Waals surface area contributed by atoms with E-state index in [2.05, 4.69) is 22.2 Å². The van der Waals surface area contributed by atoms with Crippen LogP contribution in [0.4, 0.5) is 5.95 Å². The number of nitrogens with zero attached hydrogens (tertiary/aromatic N) is 4. The highest BCUT2D eigenvalue weighted by Gasteiger charge is 2.27. The van der Waals surface area contributed by atoms with Gasteiger partial charge in [-0.15, -0.1) is 0 Å². The molecule has 0 bridgehead atoms. The predicted octanol–water partition coefficient (Wildman–Crippen LogP) is 0.865. The third-order valence-corrected chi connectivity index (χ3v) is 4.41. The summed E-state index contributed by atoms with van der Waals surface area (Å²) >= 11 is 0. The van der Waals surface area contributed by atoms with E-state index in [1.807, 2.05) is 22.7 Å². The summed E-state index contributed by atoms with van der Waals surface area (Å²) in [6.07, 6.45) is 5.06. The zero-order chi connectivity index (χ0) is 14.1. The zero-order valence-electron chi connectivity index (χ0n) is 12.3. The van der Waals surface area contributed by atoms with E-state index in [4.69, 9.17) is 0 Å². The molecule has 2 aliphatic heterocycles. The largest absolute Gasteiger partial charge is 0.356 e. The average Bonchev–Trinajstić information content (AvgIpc) is 2.90. The molecule has 1 saturated heterocycles. The van der Waals surface area contributed by atoms with Gasteiger partial charge in [-0.25, -0.2) is 4.98 Å². The van der Waals surface area contributed by atoms with Gasteiger partial charge in [0.15, 0.2) is 0 Å². The van der Waals surface area contributed by atoms with Crippen molar-refractivity contribution in [3.8, 4) is 0 Å². The molecule has 20 heavy (non-hydrogen) atoms. The van der Waals surface area contributed by atoms with Gasteiger partial charge in [-0.3, -0.25) is 4.79 Å². The Labute approximate surface area is 119 Å². The molecule has 1 N–H and O–H groups in total. The van der Waals surface area contributed by atoms with Crippen LogP contribution in [0.15, 0.2) is 6.20 Å². The number of imidazole rings is 1. The van der Waals surface area contributed by atoms with E-state index in [0.717, 1.165) is 51.4 Å². The Kier molecular flexibility index (Phi) is 3.65. The van der Waals surface area contributed by atoms with Gasteiger partial charge in [0.05, 0.1) is 0 Å². The number of amides is 1. The van der Waals surface area contributed by atoms with Crippen LogP contribution in [0.1, 0.15) is 29.8 Å². The fraction of sp³-hybridized carbons (Fsp3) is 0.714. The van der Waals surface area contributed by atoms with Crippen molar-refractivity contribution >= 4 is 11.9 Å². The molecule has 3 rings (SSSR count). The number of piperidine rings is 1. The number of likely N-dealkylation sites (tertiary alicyclic amines) is 1. The molecule has 6 heteroatoms. The lowest BCUT2D eigenvalue weighted by Crippen LogP contribution is -2.44. The number of aromatic nitrogens is 2. The molecule has 0 saturated carbocycles. The number of anilines is 1. The van der Waals surface area contributed by atoms with Gasteiger partial charge in [0.25, 0.3) is 5.91 Å². The fourth-order valence-corrected chi connectivity index (χ4v) is 3.01. The molecule has 1 aromatic rings. The summed E-state index contributed by atoms with van der Waals surface area (Å²) in [6.45, 7) is 4.00. The summed E-state index contributed by atoms with van der Waals surface area (Å²) in [5, 5.41) is 3.24. The summed E-state index contributed by atoms with van der Waals surface area (Å²) in [6, 6.07) is 0.338. The highest BCUT2D eigenvalue weighted by atomic mass is 16.2. The first-order valence-corrected chi connectivity index (χ1v) is 7.42. The van der Waals surface area contributed by atoms with E-state index in [1.165, 1.54) is 0 Å². The predicted molar refractivity (Wildman–Crippen MR) is 77.9 cm³/mol. The number of hydrogen-bond donors (Lipinski definition) is 1. The van der Waals surface area contributed by atoms with Crippen LogP contribution >= 0.6 is 0 Å². The van der Waals surface area contributed by atoms with Gasteiger partial charge in [-0.2, -0.15) is 0 Å². The third kappa shape index (κ3) is 2.52. The van der Waals surface area contributed by atoms with Crippen LogP contribution in [0.25, 0.3) is 0 Å². The normalized spacial score (nSPS) is 20.3. The number of carbonyl (C=O) groups excluding carboxylic acids is 1. The lowest BCUT2D eigenvalue weighted by molar-refractivity contribution is 0.0654. The second kappa shape index (κ2) is 5.44. The number of fused-ring (bicyclic) bond motifs is 1. The van der Waals surface area contributed by atoms with Crippen LogP contribution < -0.4 is 5.32 Å². The topological polar surface area (TPSA) is 53.4 Å². The smallest absolute Gasteiger partial charge is 0.274 e. The molecule has 0 spiro atoms. The molecule has 0 aliphatic carbocycles. The number of aryl methyl sites for hydroxylation is 1. The van der Waals surface area contributed by atoms with Crippen molar-refractivity contribution in [3.63, 3.8) is 0 Å². The number of hydrogen-bond acceptors (Lipinski definition) is 4. The first kappa shape index (κ1) is 13.4. The maximum absolute atomic E-state index is 12.6. The van der Waals surface area contributed by atoms with Gasteiger partial charge in [-0.05, 0) is 39.4 Å². The Morgan fingerprint density at radius 2 is 2.15 bits per heavy atom. The van der Waals surface area contributed by atoms with Crippen molar-refractivity contribution in [2.75, 3.05) is 39.0 Å². The second-order valence-corrected chi connectivity index (χ2v) is 5.87. The molecular formula is C14H23N5O. The maximum atomic E-state index is 12.6. The van der Waals surface area contributed by atoms with Crippen LogP contribution in [-0.4, -0.2) is 65.0 Å². The Morgan fingerprint density at radius 1 is 1.40 bits per heavy atom. The molecule has 0 unspecified atom stereocenters. The molecule has 110 valence electrons. The van der Waals surface area contributed by atoms with Gasteiger partial charge >= 0.3 is 0 Å². The number of carbonyl (C=O) groups is 1. The van der Waals surface area contributed by atoms with Gasteiger partial charge < -0.3 is 19.7 Å². The molecule has 0 aromatic carbocycles. The summed E-state index contributed by atoms with van der Waals surface area (Å²) in [7, 11) is 4.04. The van der Waals surface area contributed by atoms with Crippen molar-refractivity contribution in [3.05, 3.63) is 11.9 Å². The second-order valence-electron chi connectivity index (χ2n) is 5.87. The Balaban J connectivity index is 1.70. The van der Waals surface area contributed by atoms with E-state index in [1.54, 1.807) is 0 Å². The monoisotopic (exact) mass is 277 g/mol. The summed E-state index contributed by atoms with van der Waals surface area (Å²) in [4.78, 5) is 21.2. The van der Waals surface area contributed by atoms with E-state index in [0.29, 0.717) is 11.7 Å². The maximum Gasteiger partial charge on any atom is 0.274 e. The van der Waals surface area contributed by atoms with E-state index in [9.17, 15) is 4.79 Å². The van der Waals surface area contributed by atoms with Crippen molar-refractivity contribution in [2.24, 2.45) is 0 Å². The SMILES string of the molecule is CN1CCC(N(C)C(=O)c2cn3c(n2)NCCC3)CC1. The highest BCUT2D eigenvalue weighted by molar-refractivity contribution is 5.92. The number of rotatable bonds is 2. The zero-order valence-corrected chi connectivity index (χ0v) is 12.3. The first-order valence-electron chi connectivity index (χ1n) is 7.42. The van der Waals surface area contributed by atoms with Crippen LogP contribution in [-0.2, 0) is 6.54 Å².